The van der Waals surface area contributed by atoms with Crippen LogP contribution in [0, 0.1) is 0 Å². The molecular formula is C13H15Br2NO. The second-order valence-electron chi connectivity index (χ2n) is 4.27. The minimum Gasteiger partial charge on any atom is -0.506 e. The van der Waals surface area contributed by atoms with E-state index in [4.69, 9.17) is 0 Å². The van der Waals surface area contributed by atoms with Crippen molar-refractivity contribution in [1.29, 1.82) is 0 Å². The smallest absolute Gasteiger partial charge is 0.143 e. The van der Waals surface area contributed by atoms with Crippen LogP contribution in [-0.4, -0.2) is 11.1 Å². The van der Waals surface area contributed by atoms with Gasteiger partial charge in [-0.05, 0) is 68.8 Å². The van der Waals surface area contributed by atoms with Gasteiger partial charge < -0.3 is 10.4 Å². The average molecular weight is 361 g/mol. The molecule has 1 aromatic carbocycles. The molecule has 92 valence electrons. The summed E-state index contributed by atoms with van der Waals surface area (Å²) in [5, 5.41) is 13.2. The molecule has 0 radical (unpaired) electrons. The molecule has 0 heterocycles. The van der Waals surface area contributed by atoms with Gasteiger partial charge in [0.25, 0.3) is 0 Å². The first-order valence-electron chi connectivity index (χ1n) is 5.72. The van der Waals surface area contributed by atoms with Gasteiger partial charge in [-0.15, -0.1) is 0 Å². The van der Waals surface area contributed by atoms with Crippen LogP contribution in [0.1, 0.15) is 24.8 Å². The second kappa shape index (κ2) is 6.03. The third kappa shape index (κ3) is 3.57. The summed E-state index contributed by atoms with van der Waals surface area (Å²) in [5.41, 5.74) is 1.16. The number of phenolic OH excluding ortho intramolecular Hbond substituents is 1. The molecule has 2 nitrogen and oxygen atoms in total. The Bertz CT molecular complexity index is 408. The van der Waals surface area contributed by atoms with Gasteiger partial charge in [0.2, 0.25) is 0 Å². The van der Waals surface area contributed by atoms with Gasteiger partial charge in [0, 0.05) is 12.6 Å². The van der Waals surface area contributed by atoms with Crippen LogP contribution >= 0.6 is 31.9 Å². The van der Waals surface area contributed by atoms with Crippen molar-refractivity contribution < 1.29 is 5.11 Å². The largest absolute Gasteiger partial charge is 0.506 e. The summed E-state index contributed by atoms with van der Waals surface area (Å²) in [6.45, 7) is 0.829. The highest BCUT2D eigenvalue weighted by Crippen LogP contribution is 2.33. The predicted octanol–water partition coefficient (Wildman–Crippen LogP) is 4.12. The maximum atomic E-state index is 9.62. The highest BCUT2D eigenvalue weighted by atomic mass is 79.9. The van der Waals surface area contributed by atoms with Gasteiger partial charge in [0.05, 0.1) is 8.95 Å². The Morgan fingerprint density at radius 2 is 1.94 bits per heavy atom. The lowest BCUT2D eigenvalue weighted by atomic mass is 10.0. The van der Waals surface area contributed by atoms with Crippen molar-refractivity contribution in [3.05, 3.63) is 38.8 Å². The molecule has 4 heteroatoms. The van der Waals surface area contributed by atoms with Crippen LogP contribution in [0.15, 0.2) is 33.2 Å². The van der Waals surface area contributed by atoms with E-state index in [1.807, 2.05) is 12.1 Å². The summed E-state index contributed by atoms with van der Waals surface area (Å²) in [6, 6.07) is 4.48. The van der Waals surface area contributed by atoms with Crippen LogP contribution in [-0.2, 0) is 6.54 Å². The fraction of sp³-hybridized carbons (Fsp3) is 0.385. The lowest BCUT2D eigenvalue weighted by Crippen LogP contribution is -2.29. The van der Waals surface area contributed by atoms with Gasteiger partial charge in [-0.1, -0.05) is 12.2 Å². The summed E-state index contributed by atoms with van der Waals surface area (Å²) >= 11 is 6.69. The van der Waals surface area contributed by atoms with Crippen molar-refractivity contribution in [2.75, 3.05) is 0 Å². The number of halogens is 2. The summed E-state index contributed by atoms with van der Waals surface area (Å²) < 4.78 is 1.46. The monoisotopic (exact) mass is 359 g/mol. The highest BCUT2D eigenvalue weighted by molar-refractivity contribution is 9.11. The first-order chi connectivity index (χ1) is 8.16. The number of phenols is 1. The number of nitrogens with one attached hydrogen (secondary N) is 1. The number of aromatic hydroxyl groups is 1. The lowest BCUT2D eigenvalue weighted by Gasteiger charge is -2.19. The fourth-order valence-electron chi connectivity index (χ4n) is 1.96. The Balaban J connectivity index is 1.97. The van der Waals surface area contributed by atoms with Gasteiger partial charge >= 0.3 is 0 Å². The molecule has 1 atom stereocenters. The molecular weight excluding hydrogens is 346 g/mol. The zero-order valence-corrected chi connectivity index (χ0v) is 12.6. The first kappa shape index (κ1) is 13.1. The van der Waals surface area contributed by atoms with E-state index < -0.39 is 0 Å². The number of rotatable bonds is 3. The molecule has 17 heavy (non-hydrogen) atoms. The molecule has 1 aromatic rings. The van der Waals surface area contributed by atoms with Crippen molar-refractivity contribution in [3.8, 4) is 5.75 Å². The number of hydrogen-bond donors (Lipinski definition) is 2. The number of hydrogen-bond acceptors (Lipinski definition) is 2. The predicted molar refractivity (Wildman–Crippen MR) is 77.1 cm³/mol. The summed E-state index contributed by atoms with van der Waals surface area (Å²) in [5.74, 6) is 0.259. The van der Waals surface area contributed by atoms with Crippen LogP contribution < -0.4 is 5.32 Å². The van der Waals surface area contributed by atoms with E-state index in [0.29, 0.717) is 6.04 Å². The van der Waals surface area contributed by atoms with E-state index >= 15 is 0 Å². The number of benzene rings is 1. The molecule has 0 bridgehead atoms. The van der Waals surface area contributed by atoms with E-state index in [0.717, 1.165) is 27.5 Å². The van der Waals surface area contributed by atoms with E-state index in [-0.39, 0.29) is 5.75 Å². The average Bonchev–Trinajstić information content (AvgIpc) is 2.34. The Kier molecular flexibility index (Phi) is 4.65. The normalized spacial score (nSPS) is 19.5. The quantitative estimate of drug-likeness (QED) is 0.795. The summed E-state index contributed by atoms with van der Waals surface area (Å²) in [6.07, 6.45) is 7.97. The zero-order valence-electron chi connectivity index (χ0n) is 9.42. The van der Waals surface area contributed by atoms with Gasteiger partial charge in [0.15, 0.2) is 0 Å². The van der Waals surface area contributed by atoms with Gasteiger partial charge in [-0.2, -0.15) is 0 Å². The Hall–Kier alpha value is -0.320. The molecule has 0 saturated carbocycles. The molecule has 0 fully saturated rings. The zero-order chi connectivity index (χ0) is 12.3. The standard InChI is InChI=1S/C13H15Br2NO/c14-11-6-9(7-12(15)13(11)17)8-16-10-4-2-1-3-5-10/h1-2,6-7,10,16-17H,3-5,8H2. The van der Waals surface area contributed by atoms with Crippen LogP contribution in [0.5, 0.6) is 5.75 Å². The van der Waals surface area contributed by atoms with E-state index in [9.17, 15) is 5.11 Å². The van der Waals surface area contributed by atoms with E-state index in [2.05, 4.69) is 49.3 Å². The lowest BCUT2D eigenvalue weighted by molar-refractivity contribution is 0.464. The molecule has 2 N–H and O–H groups in total. The van der Waals surface area contributed by atoms with Crippen molar-refractivity contribution in [2.24, 2.45) is 0 Å². The molecule has 0 aromatic heterocycles. The molecule has 1 aliphatic carbocycles. The van der Waals surface area contributed by atoms with Gasteiger partial charge in [-0.3, -0.25) is 0 Å². The van der Waals surface area contributed by atoms with Crippen LogP contribution in [0.3, 0.4) is 0 Å². The van der Waals surface area contributed by atoms with Crippen molar-refractivity contribution in [1.82, 2.24) is 5.32 Å². The van der Waals surface area contributed by atoms with Crippen molar-refractivity contribution >= 4 is 31.9 Å². The molecule has 2 rings (SSSR count). The van der Waals surface area contributed by atoms with Crippen molar-refractivity contribution in [2.45, 2.75) is 31.8 Å². The molecule has 1 unspecified atom stereocenters. The SMILES string of the molecule is Oc1c(Br)cc(CNC2CC=CCC2)cc1Br. The second-order valence-corrected chi connectivity index (χ2v) is 5.98. The van der Waals surface area contributed by atoms with Crippen LogP contribution in [0.25, 0.3) is 0 Å². The molecule has 0 saturated heterocycles. The summed E-state index contributed by atoms with van der Waals surface area (Å²) in [4.78, 5) is 0. The van der Waals surface area contributed by atoms with E-state index in [1.54, 1.807) is 0 Å². The Morgan fingerprint density at radius 1 is 1.24 bits per heavy atom. The number of allylic oxidation sites excluding steroid dienone is 1. The topological polar surface area (TPSA) is 32.3 Å². The third-order valence-electron chi connectivity index (χ3n) is 2.94. The van der Waals surface area contributed by atoms with Crippen molar-refractivity contribution in [3.63, 3.8) is 0 Å². The van der Waals surface area contributed by atoms with Gasteiger partial charge in [-0.25, -0.2) is 0 Å². The third-order valence-corrected chi connectivity index (χ3v) is 4.15. The Morgan fingerprint density at radius 3 is 2.53 bits per heavy atom. The van der Waals surface area contributed by atoms with Crippen LogP contribution in [0.2, 0.25) is 0 Å². The van der Waals surface area contributed by atoms with Crippen LogP contribution in [0.4, 0.5) is 0 Å². The molecule has 0 amide bonds. The molecule has 0 spiro atoms. The highest BCUT2D eigenvalue weighted by Gasteiger charge is 2.10. The molecule has 0 aliphatic heterocycles. The fourth-order valence-corrected chi connectivity index (χ4v) is 3.24. The minimum atomic E-state index is 0.259. The Labute approximate surface area is 118 Å². The summed E-state index contributed by atoms with van der Waals surface area (Å²) in [7, 11) is 0. The maximum absolute atomic E-state index is 9.62. The maximum Gasteiger partial charge on any atom is 0.143 e. The minimum absolute atomic E-state index is 0.259. The molecule has 1 aliphatic rings. The first-order valence-corrected chi connectivity index (χ1v) is 7.30. The van der Waals surface area contributed by atoms with Gasteiger partial charge in [0.1, 0.15) is 5.75 Å². The van der Waals surface area contributed by atoms with E-state index in [1.165, 1.54) is 12.8 Å².